The van der Waals surface area contributed by atoms with Crippen LogP contribution in [0.4, 0.5) is 5.69 Å². The number of ketones is 1. The molecule has 2 bridgehead atoms. The number of aromatic nitrogens is 1. The smallest absolute Gasteiger partial charge is 0.250 e. The number of rotatable bonds is 4. The Kier molecular flexibility index (Phi) is 4.66. The fourth-order valence-corrected chi connectivity index (χ4v) is 4.36. The molecule has 4 rings (SSSR count). The molecule has 6 nitrogen and oxygen atoms in total. The molecule has 2 aliphatic heterocycles. The van der Waals surface area contributed by atoms with Crippen molar-refractivity contribution in [3.05, 3.63) is 64.1 Å². The molecule has 1 aromatic carbocycles. The number of fused-ring (bicyclic) bond motifs is 4. The maximum absolute atomic E-state index is 12.7. The van der Waals surface area contributed by atoms with Crippen molar-refractivity contribution in [3.8, 4) is 0 Å². The first kappa shape index (κ1) is 17.7. The Morgan fingerprint density at radius 3 is 2.59 bits per heavy atom. The summed E-state index contributed by atoms with van der Waals surface area (Å²) in [4.78, 5) is 38.1. The van der Waals surface area contributed by atoms with Crippen molar-refractivity contribution in [2.75, 3.05) is 25.0 Å². The lowest BCUT2D eigenvalue weighted by molar-refractivity contribution is -0.114. The van der Waals surface area contributed by atoms with Crippen molar-refractivity contribution in [1.29, 1.82) is 0 Å². The van der Waals surface area contributed by atoms with Crippen LogP contribution in [-0.2, 0) is 11.3 Å². The van der Waals surface area contributed by atoms with Gasteiger partial charge in [-0.15, -0.1) is 0 Å². The van der Waals surface area contributed by atoms with Crippen LogP contribution in [0, 0.1) is 5.92 Å². The van der Waals surface area contributed by atoms with E-state index in [0.29, 0.717) is 29.6 Å². The SMILES string of the molecule is CC(=O)Nc1ccc(C(=O)CN2C[C@@H]3C[C@@H](C2)c2cccc(=O)n2C3)cc1. The molecule has 140 valence electrons. The van der Waals surface area contributed by atoms with E-state index in [4.69, 9.17) is 0 Å². The fourth-order valence-electron chi connectivity index (χ4n) is 4.36. The molecule has 2 aromatic rings. The van der Waals surface area contributed by atoms with E-state index in [-0.39, 0.29) is 17.2 Å². The van der Waals surface area contributed by atoms with Gasteiger partial charge in [-0.2, -0.15) is 0 Å². The third-order valence-corrected chi connectivity index (χ3v) is 5.45. The van der Waals surface area contributed by atoms with Crippen molar-refractivity contribution in [2.45, 2.75) is 25.8 Å². The second-order valence-corrected chi connectivity index (χ2v) is 7.57. The van der Waals surface area contributed by atoms with Gasteiger partial charge in [-0.3, -0.25) is 19.3 Å². The zero-order valence-corrected chi connectivity index (χ0v) is 15.4. The molecule has 1 amide bonds. The number of nitrogens with one attached hydrogen (secondary N) is 1. The number of hydrogen-bond donors (Lipinski definition) is 1. The number of amides is 1. The van der Waals surface area contributed by atoms with Crippen LogP contribution in [0.1, 0.15) is 35.3 Å². The van der Waals surface area contributed by atoms with Crippen LogP contribution in [0.25, 0.3) is 0 Å². The van der Waals surface area contributed by atoms with Crippen molar-refractivity contribution in [2.24, 2.45) is 5.92 Å². The summed E-state index contributed by atoms with van der Waals surface area (Å²) in [6, 6.07) is 12.5. The van der Waals surface area contributed by atoms with Gasteiger partial charge >= 0.3 is 0 Å². The number of nitrogens with zero attached hydrogens (tertiary/aromatic N) is 2. The number of likely N-dealkylation sites (tertiary alicyclic amines) is 1. The van der Waals surface area contributed by atoms with Crippen LogP contribution in [0.2, 0.25) is 0 Å². The van der Waals surface area contributed by atoms with Crippen molar-refractivity contribution in [1.82, 2.24) is 9.47 Å². The molecule has 1 saturated heterocycles. The van der Waals surface area contributed by atoms with Crippen LogP contribution >= 0.6 is 0 Å². The summed E-state index contributed by atoms with van der Waals surface area (Å²) in [5.74, 6) is 0.663. The lowest BCUT2D eigenvalue weighted by Gasteiger charge is -2.42. The molecule has 27 heavy (non-hydrogen) atoms. The highest BCUT2D eigenvalue weighted by Gasteiger charge is 2.34. The van der Waals surface area contributed by atoms with Gasteiger partial charge in [0.05, 0.1) is 6.54 Å². The van der Waals surface area contributed by atoms with Crippen molar-refractivity contribution in [3.63, 3.8) is 0 Å². The summed E-state index contributed by atoms with van der Waals surface area (Å²) in [5, 5.41) is 2.70. The lowest BCUT2D eigenvalue weighted by atomic mass is 9.83. The Balaban J connectivity index is 1.44. The Hall–Kier alpha value is -2.73. The van der Waals surface area contributed by atoms with E-state index >= 15 is 0 Å². The number of piperidine rings is 1. The maximum Gasteiger partial charge on any atom is 0.250 e. The molecule has 3 heterocycles. The summed E-state index contributed by atoms with van der Waals surface area (Å²) in [5.41, 5.74) is 2.51. The van der Waals surface area contributed by atoms with Gasteiger partial charge in [-0.1, -0.05) is 6.07 Å². The minimum absolute atomic E-state index is 0.0750. The highest BCUT2D eigenvalue weighted by molar-refractivity contribution is 5.98. The highest BCUT2D eigenvalue weighted by atomic mass is 16.1. The van der Waals surface area contributed by atoms with Gasteiger partial charge in [-0.25, -0.2) is 0 Å². The van der Waals surface area contributed by atoms with Gasteiger partial charge in [0, 0.05) is 55.5 Å². The number of benzene rings is 1. The molecule has 6 heteroatoms. The number of pyridine rings is 1. The van der Waals surface area contributed by atoms with Crippen LogP contribution in [0.5, 0.6) is 0 Å². The molecule has 0 saturated carbocycles. The summed E-state index contributed by atoms with van der Waals surface area (Å²) in [7, 11) is 0. The van der Waals surface area contributed by atoms with E-state index in [1.165, 1.54) is 6.92 Å². The first-order valence-corrected chi connectivity index (χ1v) is 9.32. The molecule has 1 aromatic heterocycles. The number of Topliss-reactive ketones (excluding diaryl/α,β-unsaturated/α-hetero) is 1. The van der Waals surface area contributed by atoms with Crippen molar-refractivity contribution < 1.29 is 9.59 Å². The number of hydrogen-bond acceptors (Lipinski definition) is 4. The van der Waals surface area contributed by atoms with Crippen LogP contribution in [0.3, 0.4) is 0 Å². The first-order chi connectivity index (χ1) is 13.0. The van der Waals surface area contributed by atoms with E-state index in [1.807, 2.05) is 16.7 Å². The van der Waals surface area contributed by atoms with Gasteiger partial charge < -0.3 is 9.88 Å². The number of carbonyl (C=O) groups is 2. The number of anilines is 1. The summed E-state index contributed by atoms with van der Waals surface area (Å²) < 4.78 is 1.90. The van der Waals surface area contributed by atoms with Gasteiger partial charge in [0.2, 0.25) is 5.91 Å². The second kappa shape index (κ2) is 7.12. The molecule has 1 fully saturated rings. The zero-order chi connectivity index (χ0) is 19.0. The molecule has 0 unspecified atom stereocenters. The Labute approximate surface area is 157 Å². The summed E-state index contributed by atoms with van der Waals surface area (Å²) >= 11 is 0. The van der Waals surface area contributed by atoms with Gasteiger partial charge in [-0.05, 0) is 42.7 Å². The lowest BCUT2D eigenvalue weighted by Crippen LogP contribution is -2.48. The Bertz CT molecular complexity index is 932. The van der Waals surface area contributed by atoms with Gasteiger partial charge in [0.15, 0.2) is 5.78 Å². The topological polar surface area (TPSA) is 71.4 Å². The van der Waals surface area contributed by atoms with Crippen LogP contribution in [0.15, 0.2) is 47.3 Å². The minimum atomic E-state index is -0.131. The third-order valence-electron chi connectivity index (χ3n) is 5.45. The minimum Gasteiger partial charge on any atom is -0.326 e. The first-order valence-electron chi connectivity index (χ1n) is 9.32. The van der Waals surface area contributed by atoms with E-state index < -0.39 is 0 Å². The van der Waals surface area contributed by atoms with Crippen LogP contribution < -0.4 is 10.9 Å². The molecule has 0 spiro atoms. The zero-order valence-electron chi connectivity index (χ0n) is 15.4. The average Bonchev–Trinajstić information content (AvgIpc) is 2.63. The van der Waals surface area contributed by atoms with E-state index in [9.17, 15) is 14.4 Å². The highest BCUT2D eigenvalue weighted by Crippen LogP contribution is 2.34. The molecular formula is C21H23N3O3. The average molecular weight is 365 g/mol. The normalized spacial score (nSPS) is 21.4. The predicted octanol–water partition coefficient (Wildman–Crippen LogP) is 2.11. The predicted molar refractivity (Wildman–Crippen MR) is 103 cm³/mol. The summed E-state index contributed by atoms with van der Waals surface area (Å²) in [6.07, 6.45) is 1.08. The van der Waals surface area contributed by atoms with E-state index in [2.05, 4.69) is 10.2 Å². The standard InChI is InChI=1S/C21H23N3O3/c1-14(25)22-18-7-5-16(6-8-18)20(26)13-23-10-15-9-17(12-23)19-3-2-4-21(27)24(19)11-15/h2-8,15,17H,9-13H2,1H3,(H,22,25)/t15-,17-/m0/s1. The quantitative estimate of drug-likeness (QED) is 0.843. The molecule has 2 aliphatic rings. The van der Waals surface area contributed by atoms with Crippen LogP contribution in [-0.4, -0.2) is 40.8 Å². The fraction of sp³-hybridized carbons (Fsp3) is 0.381. The largest absolute Gasteiger partial charge is 0.326 e. The van der Waals surface area contributed by atoms with Crippen molar-refractivity contribution >= 4 is 17.4 Å². The third kappa shape index (κ3) is 3.71. The van der Waals surface area contributed by atoms with E-state index in [1.54, 1.807) is 30.3 Å². The Morgan fingerprint density at radius 1 is 1.07 bits per heavy atom. The molecule has 0 radical (unpaired) electrons. The maximum atomic E-state index is 12.7. The monoisotopic (exact) mass is 365 g/mol. The molecule has 1 N–H and O–H groups in total. The van der Waals surface area contributed by atoms with Gasteiger partial charge in [0.1, 0.15) is 0 Å². The van der Waals surface area contributed by atoms with Gasteiger partial charge in [0.25, 0.3) is 5.56 Å². The molecule has 0 aliphatic carbocycles. The summed E-state index contributed by atoms with van der Waals surface area (Å²) in [6.45, 7) is 4.21. The Morgan fingerprint density at radius 2 is 1.85 bits per heavy atom. The molecule has 2 atom stereocenters. The molecular weight excluding hydrogens is 342 g/mol. The van der Waals surface area contributed by atoms with E-state index in [0.717, 1.165) is 31.7 Å². The second-order valence-electron chi connectivity index (χ2n) is 7.57. The number of carbonyl (C=O) groups excluding carboxylic acids is 2.